The van der Waals surface area contributed by atoms with Crippen LogP contribution >= 0.6 is 0 Å². The van der Waals surface area contributed by atoms with Crippen molar-refractivity contribution in [3.63, 3.8) is 0 Å². The molecule has 0 fully saturated rings. The fraction of sp³-hybridized carbons (Fsp3) is 0.465. The Morgan fingerprint density at radius 1 is 0.173 bits per heavy atom. The highest BCUT2D eigenvalue weighted by Crippen LogP contribution is 2.29. The minimum Gasteiger partial charge on any atom is -0.494 e. The number of unbranched alkanes of at least 4 members (excludes halogenated alkanes) is 42. The quantitative estimate of drug-likeness (QED) is 0.0113. The van der Waals surface area contributed by atoms with Gasteiger partial charge in [0.05, 0.1) is 110 Å². The van der Waals surface area contributed by atoms with Crippen molar-refractivity contribution < 1.29 is 85.6 Å². The molecule has 150 heavy (non-hydrogen) atoms. The van der Waals surface area contributed by atoms with Crippen LogP contribution in [-0.2, 0) is 14.2 Å². The first-order valence-electron chi connectivity index (χ1n) is 56.4. The van der Waals surface area contributed by atoms with Gasteiger partial charge in [-0.3, -0.25) is 15.0 Å². The molecule has 0 spiro atoms. The Morgan fingerprint density at radius 2 is 0.333 bits per heavy atom. The lowest BCUT2D eigenvalue weighted by Gasteiger charge is -2.11. The van der Waals surface area contributed by atoms with Crippen LogP contribution < -0.4 is 42.6 Å². The molecule has 0 aliphatic rings. The van der Waals surface area contributed by atoms with Crippen molar-refractivity contribution >= 4 is 71.5 Å². The van der Waals surface area contributed by atoms with Crippen molar-refractivity contribution in [2.45, 2.75) is 329 Å². The predicted octanol–water partition coefficient (Wildman–Crippen LogP) is 34.2. The first-order chi connectivity index (χ1) is 73.8. The Kier molecular flexibility index (Phi) is 59.1. The summed E-state index contributed by atoms with van der Waals surface area (Å²) in [6.07, 6.45) is 59.3. The summed E-state index contributed by atoms with van der Waals surface area (Å²) in [6, 6.07) is 70.1. The maximum atomic E-state index is 13.7. The van der Waals surface area contributed by atoms with Gasteiger partial charge in [0.25, 0.3) is 0 Å². The highest BCUT2D eigenvalue weighted by Gasteiger charge is 2.21. The van der Waals surface area contributed by atoms with Crippen LogP contribution in [0.1, 0.15) is 408 Å². The summed E-state index contributed by atoms with van der Waals surface area (Å²) in [5.41, 5.74) is 6.43. The summed E-state index contributed by atoms with van der Waals surface area (Å²) in [5, 5.41) is 0. The molecule has 0 radical (unpaired) electrons. The Labute approximate surface area is 893 Å². The molecule has 804 valence electrons. The third kappa shape index (κ3) is 50.9. The van der Waals surface area contributed by atoms with E-state index in [4.69, 9.17) is 56.8 Å². The monoisotopic (exact) mass is 2040 g/mol. The smallest absolute Gasteiger partial charge is 0.343 e. The second-order valence-corrected chi connectivity index (χ2v) is 38.9. The summed E-state index contributed by atoms with van der Waals surface area (Å²) in [5.74, 6) is 2.60. The van der Waals surface area contributed by atoms with Crippen molar-refractivity contribution in [2.75, 3.05) is 59.5 Å². The maximum Gasteiger partial charge on any atom is 0.343 e. The van der Waals surface area contributed by atoms with Crippen LogP contribution in [0.15, 0.2) is 252 Å². The van der Waals surface area contributed by atoms with Crippen molar-refractivity contribution in [1.29, 1.82) is 0 Å². The Balaban J connectivity index is 0.582. The van der Waals surface area contributed by atoms with Crippen LogP contribution in [0.25, 0.3) is 0 Å². The van der Waals surface area contributed by atoms with Crippen LogP contribution in [0.5, 0.6) is 51.7 Å². The molecule has 10 aromatic carbocycles. The van der Waals surface area contributed by atoms with Gasteiger partial charge in [-0.25, -0.2) is 28.8 Å². The van der Waals surface area contributed by atoms with E-state index >= 15 is 0 Å². The van der Waals surface area contributed by atoms with Gasteiger partial charge in [-0.2, -0.15) is 0 Å². The number of aliphatic imine (C=N–C) groups is 3. The fourth-order valence-electron chi connectivity index (χ4n) is 17.1. The van der Waals surface area contributed by atoms with E-state index in [1.54, 1.807) is 91.4 Å². The number of benzene rings is 10. The zero-order valence-corrected chi connectivity index (χ0v) is 89.7. The Hall–Kier alpha value is -13.2. The van der Waals surface area contributed by atoms with Gasteiger partial charge in [0.2, 0.25) is 0 Å². The average molecular weight is 2050 g/mol. The maximum absolute atomic E-state index is 13.7. The average Bonchev–Trinajstić information content (AvgIpc) is 0.822. The van der Waals surface area contributed by atoms with Crippen LogP contribution in [-0.4, -0.2) is 114 Å². The van der Waals surface area contributed by atoms with Crippen LogP contribution in [0.4, 0.5) is 17.1 Å². The molecule has 0 amide bonds. The molecular formula is C129H165N3O18. The Morgan fingerprint density at radius 3 is 0.520 bits per heavy atom. The van der Waals surface area contributed by atoms with Crippen LogP contribution in [0, 0.1) is 0 Å². The van der Waals surface area contributed by atoms with Crippen LogP contribution in [0.2, 0.25) is 0 Å². The molecule has 10 aromatic rings. The van der Waals surface area contributed by atoms with Gasteiger partial charge in [-0.05, 0) is 311 Å². The van der Waals surface area contributed by atoms with E-state index in [-0.39, 0.29) is 36.5 Å². The van der Waals surface area contributed by atoms with Gasteiger partial charge in [0.15, 0.2) is 0 Å². The number of rotatable bonds is 81. The summed E-state index contributed by atoms with van der Waals surface area (Å²) in [7, 11) is 0. The lowest BCUT2D eigenvalue weighted by Crippen LogP contribution is -2.14. The molecule has 0 bridgehead atoms. The highest BCUT2D eigenvalue weighted by atomic mass is 16.6. The second kappa shape index (κ2) is 74.7. The molecule has 0 heterocycles. The topological polar surface area (TPSA) is 250 Å². The number of esters is 6. The summed E-state index contributed by atoms with van der Waals surface area (Å²) in [6.45, 7) is 11.0. The van der Waals surface area contributed by atoms with Gasteiger partial charge in [0.1, 0.15) is 51.7 Å². The zero-order valence-electron chi connectivity index (χ0n) is 89.7. The molecule has 21 heteroatoms. The lowest BCUT2D eigenvalue weighted by molar-refractivity contribution is 0.0491. The largest absolute Gasteiger partial charge is 0.494 e. The van der Waals surface area contributed by atoms with Gasteiger partial charge < -0.3 is 56.8 Å². The van der Waals surface area contributed by atoms with E-state index in [2.05, 4.69) is 35.7 Å². The molecule has 0 N–H and O–H groups in total. The number of nitrogens with zero attached hydrogens (tertiary/aromatic N) is 3. The van der Waals surface area contributed by atoms with E-state index in [0.29, 0.717) is 92.8 Å². The molecule has 0 aromatic heterocycles. The predicted molar refractivity (Wildman–Crippen MR) is 604 cm³/mol. The first kappa shape index (κ1) is 119. The number of carbonyl (C=O) groups is 6. The second-order valence-electron chi connectivity index (χ2n) is 38.9. The SMILES string of the molecule is CCCCCCCCCCCCOc1ccc(C(=O)Oc2ccc(C=Nc3ccc(OCCCCCCCCOC(=O)c4cc(C(=O)OCCCCCCCCOc5ccc(N=Cc6ccc(OC(=O)c7ccc(OCCCCCCCCCCCC)cc7)cc6)cc5)cc(C(=O)OCCCCCCCCOc5ccc(N=Cc6ccc(OC(=O)c7ccc(OCCCCCCCCCCCC)cc7)cc6)cc5)c4)cc3)cc2)cc1. The minimum atomic E-state index is -0.642. The number of hydrogen-bond acceptors (Lipinski definition) is 21. The van der Waals surface area contributed by atoms with E-state index in [9.17, 15) is 28.8 Å². The van der Waals surface area contributed by atoms with Crippen molar-refractivity contribution in [3.05, 3.63) is 287 Å². The summed E-state index contributed by atoms with van der Waals surface area (Å²) < 4.78 is 70.2. The molecular weight excluding hydrogens is 1880 g/mol. The molecule has 0 atom stereocenters. The van der Waals surface area contributed by atoms with Crippen molar-refractivity contribution in [3.8, 4) is 51.7 Å². The van der Waals surface area contributed by atoms with Gasteiger partial charge in [-0.15, -0.1) is 0 Å². The summed E-state index contributed by atoms with van der Waals surface area (Å²) in [4.78, 5) is 93.9. The van der Waals surface area contributed by atoms with E-state index in [1.165, 1.54) is 192 Å². The Bertz CT molecular complexity index is 4920. The van der Waals surface area contributed by atoms with E-state index in [1.807, 2.05) is 146 Å². The molecule has 0 aliphatic heterocycles. The van der Waals surface area contributed by atoms with Gasteiger partial charge >= 0.3 is 35.8 Å². The molecule has 0 saturated carbocycles. The standard InChI is InChI=1S/C129H165N3O18/c1-4-7-10-13-16-19-22-25-34-43-88-139-115-76-58-106(59-77-115)127(136)148-121-70-52-103(53-71-121)100-130-112-64-82-118(83-65-112)142-91-46-37-28-31-40-49-94-145-124(133)109-97-110(125(134)146-95-50-41-32-29-38-47-92-143-119-84-66-113(67-85-119)131-101-104-54-72-122(73-55-104)149-128(137)107-60-78-116(79-61-107)140-89-44-35-26-23-20-17-14-11-8-5-2)99-111(98-109)126(135)147-96-51-42-33-30-39-48-93-144-120-86-68-114(69-87-120)132-102-105-56-74-123(75-57-105)150-129(138)108-62-80-117(81-63-108)141-90-45-36-27-24-21-18-15-12-9-6-3/h52-87,97-102H,4-51,88-96H2,1-3H3. The lowest BCUT2D eigenvalue weighted by atomic mass is 10.1. The van der Waals surface area contributed by atoms with Crippen LogP contribution in [0.3, 0.4) is 0 Å². The van der Waals surface area contributed by atoms with Gasteiger partial charge in [0, 0.05) is 18.6 Å². The number of ether oxygens (including phenoxy) is 12. The van der Waals surface area contributed by atoms with Gasteiger partial charge in [-0.1, -0.05) is 271 Å². The third-order valence-corrected chi connectivity index (χ3v) is 26.2. The molecule has 0 unspecified atom stereocenters. The van der Waals surface area contributed by atoms with E-state index < -0.39 is 35.8 Å². The summed E-state index contributed by atoms with van der Waals surface area (Å²) >= 11 is 0. The first-order valence-corrected chi connectivity index (χ1v) is 56.4. The highest BCUT2D eigenvalue weighted by molar-refractivity contribution is 6.01. The minimum absolute atomic E-state index is 0.0674. The molecule has 0 saturated heterocycles. The zero-order chi connectivity index (χ0) is 105. The van der Waals surface area contributed by atoms with E-state index in [0.717, 1.165) is 184 Å². The third-order valence-electron chi connectivity index (χ3n) is 26.2. The molecule has 10 rings (SSSR count). The number of carbonyl (C=O) groups excluding carboxylic acids is 6. The molecule has 21 nitrogen and oxygen atoms in total. The molecule has 0 aliphatic carbocycles. The fourth-order valence-corrected chi connectivity index (χ4v) is 17.1. The normalized spacial score (nSPS) is 11.3. The van der Waals surface area contributed by atoms with Crippen molar-refractivity contribution in [1.82, 2.24) is 0 Å². The van der Waals surface area contributed by atoms with Crippen molar-refractivity contribution in [2.24, 2.45) is 15.0 Å². The number of hydrogen-bond donors (Lipinski definition) is 0.